The van der Waals surface area contributed by atoms with E-state index in [9.17, 15) is 0 Å². The van der Waals surface area contributed by atoms with Gasteiger partial charge in [-0.1, -0.05) is 47.2 Å². The molecule has 6 nitrogen and oxygen atoms in total. The fourth-order valence-corrected chi connectivity index (χ4v) is 4.79. The molecular formula is C19H17ClN6S. The molecule has 5 rings (SSSR count). The maximum atomic E-state index is 6.31. The van der Waals surface area contributed by atoms with Crippen molar-refractivity contribution in [3.8, 4) is 10.6 Å². The van der Waals surface area contributed by atoms with Gasteiger partial charge in [-0.15, -0.1) is 20.4 Å². The molecule has 0 radical (unpaired) electrons. The van der Waals surface area contributed by atoms with Crippen molar-refractivity contribution in [1.82, 2.24) is 24.8 Å². The van der Waals surface area contributed by atoms with E-state index in [4.69, 9.17) is 11.6 Å². The van der Waals surface area contributed by atoms with Gasteiger partial charge in [-0.2, -0.15) is 0 Å². The third-order valence-corrected chi connectivity index (χ3v) is 6.26. The molecule has 27 heavy (non-hydrogen) atoms. The first-order chi connectivity index (χ1) is 13.3. The quantitative estimate of drug-likeness (QED) is 0.517. The highest BCUT2D eigenvalue weighted by Gasteiger charge is 2.27. The van der Waals surface area contributed by atoms with Crippen LogP contribution in [0.1, 0.15) is 24.6 Å². The zero-order valence-corrected chi connectivity index (χ0v) is 16.1. The summed E-state index contributed by atoms with van der Waals surface area (Å²) in [5.41, 5.74) is 1.82. The summed E-state index contributed by atoms with van der Waals surface area (Å²) in [4.78, 5) is 2.30. The summed E-state index contributed by atoms with van der Waals surface area (Å²) >= 11 is 7.89. The highest BCUT2D eigenvalue weighted by molar-refractivity contribution is 7.18. The molecule has 1 atom stereocenters. The van der Waals surface area contributed by atoms with Gasteiger partial charge in [0.25, 0.3) is 0 Å². The van der Waals surface area contributed by atoms with Crippen molar-refractivity contribution < 1.29 is 0 Å². The van der Waals surface area contributed by atoms with Crippen LogP contribution in [0.5, 0.6) is 0 Å². The Morgan fingerprint density at radius 1 is 1.00 bits per heavy atom. The number of anilines is 1. The van der Waals surface area contributed by atoms with E-state index >= 15 is 0 Å². The van der Waals surface area contributed by atoms with Crippen LogP contribution in [-0.2, 0) is 0 Å². The van der Waals surface area contributed by atoms with E-state index in [-0.39, 0.29) is 0 Å². The van der Waals surface area contributed by atoms with E-state index in [1.165, 1.54) is 0 Å². The first kappa shape index (κ1) is 16.6. The molecule has 8 heteroatoms. The third kappa shape index (κ3) is 3.07. The zero-order valence-electron chi connectivity index (χ0n) is 14.5. The number of aromatic nitrogens is 5. The lowest BCUT2D eigenvalue weighted by Gasteiger charge is -2.31. The van der Waals surface area contributed by atoms with Gasteiger partial charge >= 0.3 is 0 Å². The molecular weight excluding hydrogens is 380 g/mol. The lowest BCUT2D eigenvalue weighted by molar-refractivity contribution is 0.487. The Bertz CT molecular complexity index is 1090. The summed E-state index contributed by atoms with van der Waals surface area (Å²) in [6, 6.07) is 13.7. The predicted octanol–water partition coefficient (Wildman–Crippen LogP) is 4.29. The minimum atomic E-state index is 0.323. The summed E-state index contributed by atoms with van der Waals surface area (Å²) in [5, 5.41) is 20.0. The molecule has 1 aliphatic rings. The number of rotatable bonds is 3. The lowest BCUT2D eigenvalue weighted by Crippen LogP contribution is -2.35. The fraction of sp³-hybridized carbons (Fsp3) is 0.263. The number of hydrogen-bond donors (Lipinski definition) is 0. The summed E-state index contributed by atoms with van der Waals surface area (Å²) in [6.07, 6.45) is 4.22. The topological polar surface area (TPSA) is 59.2 Å². The number of pyridine rings is 1. The van der Waals surface area contributed by atoms with Gasteiger partial charge < -0.3 is 4.90 Å². The van der Waals surface area contributed by atoms with Crippen molar-refractivity contribution in [2.45, 2.75) is 18.8 Å². The minimum Gasteiger partial charge on any atom is -0.346 e. The van der Waals surface area contributed by atoms with Gasteiger partial charge in [0.05, 0.1) is 5.02 Å². The van der Waals surface area contributed by atoms with Gasteiger partial charge in [-0.25, -0.2) is 0 Å². The molecule has 0 saturated carbocycles. The SMILES string of the molecule is Clc1ccccc1-c1nnc(N2CCCC(c3nnc4ccccn34)C2)s1. The summed E-state index contributed by atoms with van der Waals surface area (Å²) in [7, 11) is 0. The van der Waals surface area contributed by atoms with E-state index in [0.29, 0.717) is 10.9 Å². The molecule has 1 unspecified atom stereocenters. The summed E-state index contributed by atoms with van der Waals surface area (Å²) in [6.45, 7) is 1.84. The zero-order chi connectivity index (χ0) is 18.2. The van der Waals surface area contributed by atoms with Crippen LogP contribution in [0.2, 0.25) is 5.02 Å². The van der Waals surface area contributed by atoms with Gasteiger partial charge in [0.15, 0.2) is 10.7 Å². The number of piperidine rings is 1. The number of hydrogen-bond acceptors (Lipinski definition) is 6. The van der Waals surface area contributed by atoms with Crippen molar-refractivity contribution in [3.05, 3.63) is 59.5 Å². The van der Waals surface area contributed by atoms with Gasteiger partial charge in [0.1, 0.15) is 5.82 Å². The molecule has 4 aromatic rings. The Hall–Kier alpha value is -2.51. The second-order valence-electron chi connectivity index (χ2n) is 6.64. The third-order valence-electron chi connectivity index (χ3n) is 4.92. The molecule has 1 fully saturated rings. The van der Waals surface area contributed by atoms with Crippen LogP contribution < -0.4 is 4.90 Å². The first-order valence-corrected chi connectivity index (χ1v) is 10.1. The molecule has 0 aliphatic carbocycles. The van der Waals surface area contributed by atoms with Crippen molar-refractivity contribution in [2.75, 3.05) is 18.0 Å². The van der Waals surface area contributed by atoms with Crippen molar-refractivity contribution in [3.63, 3.8) is 0 Å². The van der Waals surface area contributed by atoms with E-state index in [0.717, 1.165) is 53.1 Å². The number of benzene rings is 1. The molecule has 1 aliphatic heterocycles. The second kappa shape index (κ2) is 6.90. The van der Waals surface area contributed by atoms with Crippen molar-refractivity contribution in [2.24, 2.45) is 0 Å². The van der Waals surface area contributed by atoms with Crippen LogP contribution in [0.15, 0.2) is 48.7 Å². The number of fused-ring (bicyclic) bond motifs is 1. The van der Waals surface area contributed by atoms with Crippen LogP contribution >= 0.6 is 22.9 Å². The van der Waals surface area contributed by atoms with Gasteiger partial charge in [-0.05, 0) is 31.0 Å². The molecule has 1 aromatic carbocycles. The average molecular weight is 397 g/mol. The van der Waals surface area contributed by atoms with Gasteiger partial charge in [0, 0.05) is 30.8 Å². The normalized spacial score (nSPS) is 17.5. The Kier molecular flexibility index (Phi) is 4.26. The van der Waals surface area contributed by atoms with E-state index in [2.05, 4.69) is 29.7 Å². The Labute approximate surface area is 165 Å². The van der Waals surface area contributed by atoms with E-state index in [1.807, 2.05) is 48.7 Å². The molecule has 1 saturated heterocycles. The Morgan fingerprint density at radius 3 is 2.81 bits per heavy atom. The predicted molar refractivity (Wildman–Crippen MR) is 108 cm³/mol. The van der Waals surface area contributed by atoms with Crippen LogP contribution in [0, 0.1) is 0 Å². The number of halogens is 1. The van der Waals surface area contributed by atoms with Crippen molar-refractivity contribution >= 4 is 33.7 Å². The highest BCUT2D eigenvalue weighted by Crippen LogP contribution is 2.35. The van der Waals surface area contributed by atoms with Crippen LogP contribution in [0.3, 0.4) is 0 Å². The molecule has 0 amide bonds. The summed E-state index contributed by atoms with van der Waals surface area (Å²) in [5.74, 6) is 1.34. The maximum Gasteiger partial charge on any atom is 0.208 e. The van der Waals surface area contributed by atoms with Crippen LogP contribution in [0.25, 0.3) is 16.2 Å². The van der Waals surface area contributed by atoms with Crippen LogP contribution in [-0.4, -0.2) is 37.9 Å². The monoisotopic (exact) mass is 396 g/mol. The van der Waals surface area contributed by atoms with Gasteiger partial charge in [0.2, 0.25) is 5.13 Å². The highest BCUT2D eigenvalue weighted by atomic mass is 35.5. The molecule has 0 N–H and O–H groups in total. The largest absolute Gasteiger partial charge is 0.346 e. The minimum absolute atomic E-state index is 0.323. The number of nitrogens with zero attached hydrogens (tertiary/aromatic N) is 6. The molecule has 4 heterocycles. The Balaban J connectivity index is 1.41. The smallest absolute Gasteiger partial charge is 0.208 e. The lowest BCUT2D eigenvalue weighted by atomic mass is 9.97. The maximum absolute atomic E-state index is 6.31. The average Bonchev–Trinajstić information content (AvgIpc) is 3.36. The summed E-state index contributed by atoms with van der Waals surface area (Å²) < 4.78 is 2.09. The molecule has 3 aromatic heterocycles. The first-order valence-electron chi connectivity index (χ1n) is 8.92. The fourth-order valence-electron chi connectivity index (χ4n) is 3.59. The molecule has 0 spiro atoms. The second-order valence-corrected chi connectivity index (χ2v) is 8.01. The van der Waals surface area contributed by atoms with Crippen LogP contribution in [0.4, 0.5) is 5.13 Å². The van der Waals surface area contributed by atoms with E-state index < -0.39 is 0 Å². The Morgan fingerprint density at radius 2 is 1.89 bits per heavy atom. The van der Waals surface area contributed by atoms with E-state index in [1.54, 1.807) is 11.3 Å². The van der Waals surface area contributed by atoms with Crippen molar-refractivity contribution in [1.29, 1.82) is 0 Å². The molecule has 0 bridgehead atoms. The van der Waals surface area contributed by atoms with Gasteiger partial charge in [-0.3, -0.25) is 4.40 Å². The standard InChI is InChI=1S/C19H17ClN6S/c20-15-8-2-1-7-14(15)18-23-24-19(27-18)25-10-5-6-13(12-25)17-22-21-16-9-3-4-11-26(16)17/h1-4,7-9,11,13H,5-6,10,12H2. The molecule has 136 valence electrons.